The number of phosphoric ester groups is 1. The van der Waals surface area contributed by atoms with Crippen molar-refractivity contribution in [1.82, 2.24) is 0 Å². The van der Waals surface area contributed by atoms with Crippen LogP contribution < -0.4 is 0 Å². The molecule has 0 aromatic carbocycles. The van der Waals surface area contributed by atoms with E-state index in [1.165, 1.54) is 70.6 Å². The van der Waals surface area contributed by atoms with Crippen molar-refractivity contribution in [3.63, 3.8) is 0 Å². The van der Waals surface area contributed by atoms with Crippen molar-refractivity contribution in [1.29, 1.82) is 0 Å². The summed E-state index contributed by atoms with van der Waals surface area (Å²) in [5.74, 6) is -1.16. The zero-order chi connectivity index (χ0) is 45.3. The molecule has 1 aliphatic carbocycles. The van der Waals surface area contributed by atoms with E-state index in [9.17, 15) is 54.8 Å². The molecule has 0 radical (unpaired) electrons. The summed E-state index contributed by atoms with van der Waals surface area (Å²) in [6.07, 6.45) is 14.6. The molecule has 0 amide bonds. The maximum absolute atomic E-state index is 12.8. The number of unbranched alkanes of at least 4 members (excludes halogenated alkanes) is 23. The van der Waals surface area contributed by atoms with Crippen molar-refractivity contribution in [2.24, 2.45) is 0 Å². The van der Waals surface area contributed by atoms with Crippen LogP contribution in [0, 0.1) is 0 Å². The number of hydrogen-bond donors (Lipinski definition) is 8. The normalized spacial score (nSPS) is 23.0. The first kappa shape index (κ1) is 57.8. The average Bonchev–Trinajstić information content (AvgIpc) is 3.24. The highest BCUT2D eigenvalue weighted by Gasteiger charge is 2.51. The summed E-state index contributed by atoms with van der Waals surface area (Å²) in [6, 6.07) is 0. The Balaban J connectivity index is 2.47. The van der Waals surface area contributed by atoms with Gasteiger partial charge < -0.3 is 50.1 Å². The SMILES string of the molecule is CCCCCCCCCCCCCCCCCC(=O)OCC(COP(=O)(O)OC1C(O)C(O)C(O)C(O)C1O)OC(=O)CCCCCCCCCC(O)C(O)CCCCCC. The summed E-state index contributed by atoms with van der Waals surface area (Å²) < 4.78 is 33.5. The maximum Gasteiger partial charge on any atom is 0.472 e. The molecule has 0 heterocycles. The average molecular weight is 899 g/mol. The van der Waals surface area contributed by atoms with Gasteiger partial charge in [-0.15, -0.1) is 0 Å². The predicted molar refractivity (Wildman–Crippen MR) is 233 cm³/mol. The molecule has 0 spiro atoms. The van der Waals surface area contributed by atoms with Gasteiger partial charge in [0.15, 0.2) is 6.10 Å². The molecule has 0 saturated heterocycles. The lowest BCUT2D eigenvalue weighted by atomic mass is 9.85. The molecular formula is C45H87O15P. The van der Waals surface area contributed by atoms with Crippen LogP contribution in [-0.4, -0.2) is 121 Å². The molecule has 8 atom stereocenters. The van der Waals surface area contributed by atoms with Crippen LogP contribution >= 0.6 is 7.82 Å². The Morgan fingerprint density at radius 3 is 1.26 bits per heavy atom. The molecule has 362 valence electrons. The Hall–Kier alpha value is -1.23. The van der Waals surface area contributed by atoms with Gasteiger partial charge >= 0.3 is 19.8 Å². The number of phosphoric acid groups is 1. The van der Waals surface area contributed by atoms with Gasteiger partial charge in [-0.3, -0.25) is 18.6 Å². The van der Waals surface area contributed by atoms with Gasteiger partial charge in [0.05, 0.1) is 18.8 Å². The van der Waals surface area contributed by atoms with Crippen LogP contribution in [0.3, 0.4) is 0 Å². The Bertz CT molecular complexity index is 1120. The topological polar surface area (TPSA) is 250 Å². The molecule has 16 heteroatoms. The number of ether oxygens (including phenoxy) is 2. The summed E-state index contributed by atoms with van der Waals surface area (Å²) in [4.78, 5) is 35.7. The molecule has 0 aliphatic heterocycles. The maximum atomic E-state index is 12.8. The number of carbonyl (C=O) groups is 2. The van der Waals surface area contributed by atoms with Crippen LogP contribution in [0.25, 0.3) is 0 Å². The number of aliphatic hydroxyl groups is 7. The third kappa shape index (κ3) is 28.3. The fraction of sp³-hybridized carbons (Fsp3) is 0.956. The van der Waals surface area contributed by atoms with E-state index in [1.807, 2.05) is 0 Å². The van der Waals surface area contributed by atoms with Gasteiger partial charge in [0.1, 0.15) is 43.2 Å². The summed E-state index contributed by atoms with van der Waals surface area (Å²) in [7, 11) is -5.14. The molecule has 1 rings (SSSR count). The Kier molecular flexibility index (Phi) is 34.1. The minimum atomic E-state index is -5.14. The molecule has 1 fully saturated rings. The van der Waals surface area contributed by atoms with Gasteiger partial charge in [-0.25, -0.2) is 4.57 Å². The molecule has 0 aromatic heterocycles. The molecule has 61 heavy (non-hydrogen) atoms. The van der Waals surface area contributed by atoms with Crippen LogP contribution in [0.1, 0.15) is 206 Å². The molecular weight excluding hydrogens is 811 g/mol. The lowest BCUT2D eigenvalue weighted by Gasteiger charge is -2.41. The second-order valence-corrected chi connectivity index (χ2v) is 18.7. The zero-order valence-corrected chi connectivity index (χ0v) is 38.6. The van der Waals surface area contributed by atoms with Gasteiger partial charge in [-0.05, 0) is 25.7 Å². The van der Waals surface area contributed by atoms with Gasteiger partial charge in [-0.2, -0.15) is 0 Å². The van der Waals surface area contributed by atoms with Crippen LogP contribution in [-0.2, 0) is 32.7 Å². The number of rotatable bonds is 40. The minimum Gasteiger partial charge on any atom is -0.462 e. The van der Waals surface area contributed by atoms with Crippen LogP contribution in [0.4, 0.5) is 0 Å². The summed E-state index contributed by atoms with van der Waals surface area (Å²) in [6.45, 7) is 3.14. The standard InChI is InChI=1S/C45H87O15P/c1-3-5-7-9-10-11-12-13-14-15-16-17-20-23-27-31-38(48)57-33-35(34-58-61(55,56)60-45-43(53)41(51)40(50)42(52)44(45)54)59-39(49)32-28-24-21-18-19-22-26-30-37(47)36(46)29-25-8-6-4-2/h35-37,40-47,50-54H,3-34H2,1-2H3,(H,55,56). The Labute approximate surface area is 366 Å². The highest BCUT2D eigenvalue weighted by Crippen LogP contribution is 2.47. The van der Waals surface area contributed by atoms with Gasteiger partial charge in [0.25, 0.3) is 0 Å². The summed E-state index contributed by atoms with van der Waals surface area (Å²) >= 11 is 0. The van der Waals surface area contributed by atoms with Crippen molar-refractivity contribution in [3.8, 4) is 0 Å². The molecule has 8 unspecified atom stereocenters. The Morgan fingerprint density at radius 1 is 0.492 bits per heavy atom. The number of carbonyl (C=O) groups excluding carboxylic acids is 2. The van der Waals surface area contributed by atoms with Crippen LogP contribution in [0.2, 0.25) is 0 Å². The second kappa shape index (κ2) is 36.0. The van der Waals surface area contributed by atoms with Gasteiger partial charge in [-0.1, -0.05) is 168 Å². The lowest BCUT2D eigenvalue weighted by molar-refractivity contribution is -0.220. The Morgan fingerprint density at radius 2 is 0.836 bits per heavy atom. The molecule has 15 nitrogen and oxygen atoms in total. The number of aliphatic hydroxyl groups excluding tert-OH is 7. The van der Waals surface area contributed by atoms with Crippen molar-refractivity contribution < 1.29 is 73.3 Å². The van der Waals surface area contributed by atoms with E-state index in [1.54, 1.807) is 0 Å². The first-order valence-electron chi connectivity index (χ1n) is 24.0. The first-order valence-corrected chi connectivity index (χ1v) is 25.5. The van der Waals surface area contributed by atoms with Crippen LogP contribution in [0.5, 0.6) is 0 Å². The highest BCUT2D eigenvalue weighted by atomic mass is 31.2. The molecule has 8 N–H and O–H groups in total. The minimum absolute atomic E-state index is 0.0394. The lowest BCUT2D eigenvalue weighted by Crippen LogP contribution is -2.64. The van der Waals surface area contributed by atoms with E-state index in [4.69, 9.17) is 18.5 Å². The molecule has 0 bridgehead atoms. The van der Waals surface area contributed by atoms with E-state index in [2.05, 4.69) is 13.8 Å². The monoisotopic (exact) mass is 899 g/mol. The van der Waals surface area contributed by atoms with Crippen LogP contribution in [0.15, 0.2) is 0 Å². The van der Waals surface area contributed by atoms with Gasteiger partial charge in [0, 0.05) is 12.8 Å². The van der Waals surface area contributed by atoms with E-state index >= 15 is 0 Å². The van der Waals surface area contributed by atoms with Crippen molar-refractivity contribution >= 4 is 19.8 Å². The van der Waals surface area contributed by atoms with Gasteiger partial charge in [0.2, 0.25) is 0 Å². The molecule has 1 saturated carbocycles. The van der Waals surface area contributed by atoms with E-state index in [0.717, 1.165) is 83.5 Å². The van der Waals surface area contributed by atoms with E-state index < -0.39 is 87.9 Å². The largest absolute Gasteiger partial charge is 0.472 e. The zero-order valence-electron chi connectivity index (χ0n) is 37.7. The van der Waals surface area contributed by atoms with Crippen molar-refractivity contribution in [2.75, 3.05) is 13.2 Å². The quantitative estimate of drug-likeness (QED) is 0.0172. The fourth-order valence-corrected chi connectivity index (χ4v) is 8.59. The molecule has 0 aromatic rings. The predicted octanol–water partition coefficient (Wildman–Crippen LogP) is 7.23. The third-order valence-corrected chi connectivity index (χ3v) is 12.6. The number of esters is 2. The van der Waals surface area contributed by atoms with Crippen molar-refractivity contribution in [3.05, 3.63) is 0 Å². The summed E-state index contributed by atoms with van der Waals surface area (Å²) in [5.41, 5.74) is 0. The molecule has 1 aliphatic rings. The van der Waals surface area contributed by atoms with E-state index in [-0.39, 0.29) is 12.8 Å². The fourth-order valence-electron chi connectivity index (χ4n) is 7.61. The second-order valence-electron chi connectivity index (χ2n) is 17.3. The number of hydrogen-bond acceptors (Lipinski definition) is 14. The first-order chi connectivity index (χ1) is 29.2. The third-order valence-electron chi connectivity index (χ3n) is 11.6. The van der Waals surface area contributed by atoms with Crippen molar-refractivity contribution in [2.45, 2.75) is 261 Å². The smallest absolute Gasteiger partial charge is 0.462 e. The summed E-state index contributed by atoms with van der Waals surface area (Å²) in [5, 5.41) is 70.5. The van der Waals surface area contributed by atoms with E-state index in [0.29, 0.717) is 25.7 Å². The highest BCUT2D eigenvalue weighted by molar-refractivity contribution is 7.47.